The second-order valence-electron chi connectivity index (χ2n) is 8.55. The zero-order valence-electron chi connectivity index (χ0n) is 18.3. The molecule has 2 aliphatic rings. The highest BCUT2D eigenvalue weighted by molar-refractivity contribution is 7.98. The van der Waals surface area contributed by atoms with E-state index in [1.807, 2.05) is 30.3 Å². The second-order valence-corrected chi connectivity index (χ2v) is 9.65. The average molecular weight is 451 g/mol. The highest BCUT2D eigenvalue weighted by atomic mass is 32.2. The minimum atomic E-state index is 0.582. The van der Waals surface area contributed by atoms with Crippen molar-refractivity contribution in [1.29, 1.82) is 0 Å². The third-order valence-corrected chi connectivity index (χ3v) is 6.90. The van der Waals surface area contributed by atoms with Crippen LogP contribution in [0, 0.1) is 5.92 Å². The first-order valence-corrected chi connectivity index (χ1v) is 12.7. The number of hydrogen-bond donors (Lipinski definition) is 1. The lowest BCUT2D eigenvalue weighted by atomic mass is 10.2. The van der Waals surface area contributed by atoms with Gasteiger partial charge in [-0.1, -0.05) is 18.2 Å². The van der Waals surface area contributed by atoms with Crippen molar-refractivity contribution in [3.05, 3.63) is 60.5 Å². The minimum Gasteiger partial charge on any atom is -0.493 e. The van der Waals surface area contributed by atoms with Crippen LogP contribution in [0.2, 0.25) is 0 Å². The van der Waals surface area contributed by atoms with Crippen LogP contribution in [0.4, 0.5) is 5.69 Å². The fraction of sp³-hybridized carbons (Fsp3) is 0.440. The number of rotatable bonds is 11. The summed E-state index contributed by atoms with van der Waals surface area (Å²) in [4.78, 5) is 2.46. The number of thioether (sulfide) groups is 1. The van der Waals surface area contributed by atoms with E-state index in [4.69, 9.17) is 9.15 Å². The van der Waals surface area contributed by atoms with Crippen molar-refractivity contribution in [2.75, 3.05) is 36.9 Å². The minimum absolute atomic E-state index is 0.582. The number of nitrogens with one attached hydrogen (secondary N) is 1. The Balaban J connectivity index is 1.06. The highest BCUT2D eigenvalue weighted by Gasteiger charge is 2.26. The molecule has 7 heteroatoms. The molecule has 0 radical (unpaired) electrons. The van der Waals surface area contributed by atoms with Crippen LogP contribution >= 0.6 is 11.8 Å². The monoisotopic (exact) mass is 450 g/mol. The van der Waals surface area contributed by atoms with Crippen LogP contribution in [0.3, 0.4) is 0 Å². The molecule has 1 aliphatic carbocycles. The van der Waals surface area contributed by atoms with Gasteiger partial charge in [-0.15, -0.1) is 22.0 Å². The standard InChI is InChI=1S/C25H30N4O2S/c1-2-4-23(5-3-1)30-14-15-32-18-24-27-28-25(31-24)20-8-10-22(11-9-20)29-13-12-21(17-29)26-16-19-6-7-19/h1-5,8-11,19,21,26H,6-7,12-18H2. The first-order chi connectivity index (χ1) is 15.8. The van der Waals surface area contributed by atoms with E-state index in [2.05, 4.69) is 44.7 Å². The van der Waals surface area contributed by atoms with Crippen LogP contribution in [0.15, 0.2) is 59.0 Å². The van der Waals surface area contributed by atoms with Gasteiger partial charge in [0, 0.05) is 36.1 Å². The van der Waals surface area contributed by atoms with Crippen LogP contribution < -0.4 is 15.0 Å². The molecule has 1 saturated heterocycles. The number of aromatic nitrogens is 2. The molecule has 0 amide bonds. The predicted octanol–water partition coefficient (Wildman–Crippen LogP) is 4.63. The van der Waals surface area contributed by atoms with Crippen molar-refractivity contribution >= 4 is 17.4 Å². The Morgan fingerprint density at radius 3 is 2.69 bits per heavy atom. The number of para-hydroxylation sites is 1. The molecule has 1 atom stereocenters. The van der Waals surface area contributed by atoms with Crippen molar-refractivity contribution in [1.82, 2.24) is 15.5 Å². The lowest BCUT2D eigenvalue weighted by Gasteiger charge is -2.19. The molecular weight excluding hydrogens is 420 g/mol. The summed E-state index contributed by atoms with van der Waals surface area (Å²) in [6, 6.07) is 19.0. The Kier molecular flexibility index (Phi) is 6.94. The quantitative estimate of drug-likeness (QED) is 0.427. The Hall–Kier alpha value is -2.51. The molecule has 6 nitrogen and oxygen atoms in total. The van der Waals surface area contributed by atoms with E-state index in [0.717, 1.165) is 36.1 Å². The van der Waals surface area contributed by atoms with Gasteiger partial charge in [-0.25, -0.2) is 0 Å². The van der Waals surface area contributed by atoms with Crippen molar-refractivity contribution in [2.45, 2.75) is 31.1 Å². The molecule has 2 heterocycles. The van der Waals surface area contributed by atoms with Crippen LogP contribution in [-0.4, -0.2) is 48.2 Å². The molecule has 0 spiro atoms. The summed E-state index contributed by atoms with van der Waals surface area (Å²) in [6.45, 7) is 4.04. The first-order valence-electron chi connectivity index (χ1n) is 11.5. The van der Waals surface area contributed by atoms with Crippen LogP contribution in [-0.2, 0) is 5.75 Å². The number of ether oxygens (including phenoxy) is 1. The molecule has 1 N–H and O–H groups in total. The summed E-state index contributed by atoms with van der Waals surface area (Å²) in [6.07, 6.45) is 4.03. The number of hydrogen-bond acceptors (Lipinski definition) is 7. The van der Waals surface area contributed by atoms with Crippen LogP contribution in [0.25, 0.3) is 11.5 Å². The maximum atomic E-state index is 5.87. The summed E-state index contributed by atoms with van der Waals surface area (Å²) in [5.74, 6) is 4.62. The SMILES string of the molecule is c1ccc(OCCSCc2nnc(-c3ccc(N4CCC(NCC5CC5)C4)cc3)o2)cc1. The van der Waals surface area contributed by atoms with Gasteiger partial charge in [-0.05, 0) is 68.1 Å². The van der Waals surface area contributed by atoms with Gasteiger partial charge in [0.2, 0.25) is 11.8 Å². The van der Waals surface area contributed by atoms with Crippen LogP contribution in [0.1, 0.15) is 25.2 Å². The summed E-state index contributed by atoms with van der Waals surface area (Å²) in [7, 11) is 0. The van der Waals surface area contributed by atoms with Crippen molar-refractivity contribution in [2.24, 2.45) is 5.92 Å². The molecular formula is C25H30N4O2S. The van der Waals surface area contributed by atoms with E-state index in [1.54, 1.807) is 11.8 Å². The van der Waals surface area contributed by atoms with Gasteiger partial charge >= 0.3 is 0 Å². The molecule has 168 valence electrons. The van der Waals surface area contributed by atoms with Gasteiger partial charge in [-0.2, -0.15) is 0 Å². The zero-order chi connectivity index (χ0) is 21.6. The largest absolute Gasteiger partial charge is 0.493 e. The van der Waals surface area contributed by atoms with Gasteiger partial charge in [0.05, 0.1) is 12.4 Å². The van der Waals surface area contributed by atoms with Gasteiger partial charge < -0.3 is 19.4 Å². The van der Waals surface area contributed by atoms with Gasteiger partial charge in [-0.3, -0.25) is 0 Å². The molecule has 2 aromatic carbocycles. The van der Waals surface area contributed by atoms with E-state index in [0.29, 0.717) is 30.2 Å². The highest BCUT2D eigenvalue weighted by Crippen LogP contribution is 2.29. The topological polar surface area (TPSA) is 63.4 Å². The first kappa shape index (κ1) is 21.3. The Morgan fingerprint density at radius 1 is 1.03 bits per heavy atom. The lowest BCUT2D eigenvalue weighted by Crippen LogP contribution is -2.33. The van der Waals surface area contributed by atoms with Gasteiger partial charge in [0.1, 0.15) is 5.75 Å². The third kappa shape index (κ3) is 5.84. The average Bonchev–Trinajstić information content (AvgIpc) is 3.34. The zero-order valence-corrected chi connectivity index (χ0v) is 19.1. The molecule has 3 aromatic rings. The van der Waals surface area contributed by atoms with Crippen molar-refractivity contribution in [3.63, 3.8) is 0 Å². The van der Waals surface area contributed by atoms with Crippen molar-refractivity contribution in [3.8, 4) is 17.2 Å². The number of nitrogens with zero attached hydrogens (tertiary/aromatic N) is 3. The van der Waals surface area contributed by atoms with E-state index >= 15 is 0 Å². The smallest absolute Gasteiger partial charge is 0.247 e. The molecule has 1 aromatic heterocycles. The summed E-state index contributed by atoms with van der Waals surface area (Å²) < 4.78 is 11.6. The Bertz CT molecular complexity index is 975. The molecule has 2 fully saturated rings. The second kappa shape index (κ2) is 10.4. The number of anilines is 1. The normalized spacial score (nSPS) is 18.2. The van der Waals surface area contributed by atoms with Gasteiger partial charge in [0.15, 0.2) is 0 Å². The Morgan fingerprint density at radius 2 is 1.88 bits per heavy atom. The maximum Gasteiger partial charge on any atom is 0.247 e. The van der Waals surface area contributed by atoms with Gasteiger partial charge in [0.25, 0.3) is 0 Å². The maximum absolute atomic E-state index is 5.87. The molecule has 32 heavy (non-hydrogen) atoms. The fourth-order valence-corrected chi connectivity index (χ4v) is 4.59. The summed E-state index contributed by atoms with van der Waals surface area (Å²) in [5.41, 5.74) is 2.23. The van der Waals surface area contributed by atoms with E-state index < -0.39 is 0 Å². The molecule has 0 bridgehead atoms. The number of benzene rings is 2. The summed E-state index contributed by atoms with van der Waals surface area (Å²) in [5, 5.41) is 12.2. The lowest BCUT2D eigenvalue weighted by molar-refractivity contribution is 0.344. The molecule has 1 saturated carbocycles. The molecule has 1 aliphatic heterocycles. The van der Waals surface area contributed by atoms with E-state index in [1.165, 1.54) is 31.5 Å². The van der Waals surface area contributed by atoms with Crippen molar-refractivity contribution < 1.29 is 9.15 Å². The third-order valence-electron chi connectivity index (χ3n) is 5.99. The van der Waals surface area contributed by atoms with E-state index in [9.17, 15) is 0 Å². The molecule has 1 unspecified atom stereocenters. The fourth-order valence-electron chi connectivity index (χ4n) is 3.95. The summed E-state index contributed by atoms with van der Waals surface area (Å²) >= 11 is 1.73. The Labute approximate surface area is 193 Å². The van der Waals surface area contributed by atoms with E-state index in [-0.39, 0.29) is 0 Å². The molecule has 5 rings (SSSR count). The predicted molar refractivity (Wildman–Crippen MR) is 129 cm³/mol. The van der Waals surface area contributed by atoms with Crippen LogP contribution in [0.5, 0.6) is 5.75 Å².